The van der Waals surface area contributed by atoms with E-state index in [9.17, 15) is 14.7 Å². The molecule has 2 atom stereocenters. The van der Waals surface area contributed by atoms with Crippen molar-refractivity contribution in [3.63, 3.8) is 0 Å². The summed E-state index contributed by atoms with van der Waals surface area (Å²) in [5.74, 6) is 0.0797. The molecule has 0 radical (unpaired) electrons. The molecule has 5 nitrogen and oxygen atoms in total. The van der Waals surface area contributed by atoms with Gasteiger partial charge in [0, 0.05) is 18.0 Å². The summed E-state index contributed by atoms with van der Waals surface area (Å²) >= 11 is 0. The van der Waals surface area contributed by atoms with Crippen molar-refractivity contribution in [1.29, 1.82) is 0 Å². The van der Waals surface area contributed by atoms with Gasteiger partial charge in [0.05, 0.1) is 12.0 Å². The van der Waals surface area contributed by atoms with Gasteiger partial charge in [-0.3, -0.25) is 9.59 Å². The van der Waals surface area contributed by atoms with Gasteiger partial charge in [0.2, 0.25) is 0 Å². The predicted molar refractivity (Wildman–Crippen MR) is 105 cm³/mol. The molecule has 5 heteroatoms. The van der Waals surface area contributed by atoms with E-state index >= 15 is 0 Å². The van der Waals surface area contributed by atoms with Crippen LogP contribution in [0, 0.1) is 11.3 Å². The third kappa shape index (κ3) is 3.40. The average Bonchev–Trinajstić information content (AvgIpc) is 3.14. The minimum atomic E-state index is -0.490. The molecule has 144 valence electrons. The minimum absolute atomic E-state index is 0.121. The number of rotatable bonds is 5. The van der Waals surface area contributed by atoms with Crippen molar-refractivity contribution >= 4 is 11.9 Å². The number of benzene rings is 2. The summed E-state index contributed by atoms with van der Waals surface area (Å²) < 4.78 is 5.33. The molecule has 1 amide bonds. The van der Waals surface area contributed by atoms with Crippen molar-refractivity contribution in [2.45, 2.75) is 25.8 Å². The number of carbonyl (C=O) groups excluding carboxylic acids is 2. The highest BCUT2D eigenvalue weighted by molar-refractivity contribution is 5.94. The number of cyclic esters (lactones) is 1. The number of nitrogens with one attached hydrogen (secondary N) is 1. The first kappa shape index (κ1) is 18.3. The maximum Gasteiger partial charge on any atom is 0.313 e. The Hall–Kier alpha value is -3.08. The lowest BCUT2D eigenvalue weighted by Gasteiger charge is -2.24. The Morgan fingerprint density at radius 2 is 2.00 bits per heavy atom. The Labute approximate surface area is 164 Å². The van der Waals surface area contributed by atoms with Gasteiger partial charge < -0.3 is 15.2 Å². The number of ether oxygens (including phenoxy) is 1. The van der Waals surface area contributed by atoms with Gasteiger partial charge in [0.25, 0.3) is 5.91 Å². The van der Waals surface area contributed by atoms with Crippen LogP contribution in [-0.2, 0) is 22.5 Å². The van der Waals surface area contributed by atoms with Crippen molar-refractivity contribution in [2.24, 2.45) is 11.3 Å². The normalized spacial score (nSPS) is 23.4. The van der Waals surface area contributed by atoms with E-state index in [0.29, 0.717) is 31.6 Å². The van der Waals surface area contributed by atoms with Crippen LogP contribution >= 0.6 is 0 Å². The van der Waals surface area contributed by atoms with Gasteiger partial charge in [-0.1, -0.05) is 36.4 Å². The van der Waals surface area contributed by atoms with Crippen LogP contribution in [0.4, 0.5) is 0 Å². The minimum Gasteiger partial charge on any atom is -0.508 e. The number of amides is 1. The van der Waals surface area contributed by atoms with Crippen LogP contribution in [0.15, 0.2) is 60.7 Å². The molecule has 2 N–H and O–H groups in total. The molecule has 1 aliphatic heterocycles. The Bertz CT molecular complexity index is 934. The van der Waals surface area contributed by atoms with Crippen molar-refractivity contribution in [3.8, 4) is 5.75 Å². The van der Waals surface area contributed by atoms with Crippen molar-refractivity contribution in [2.75, 3.05) is 6.61 Å². The summed E-state index contributed by atoms with van der Waals surface area (Å²) in [6.07, 6.45) is 2.14. The molecule has 2 unspecified atom stereocenters. The van der Waals surface area contributed by atoms with E-state index in [1.807, 2.05) is 18.2 Å². The SMILES string of the molecule is C=C1CC2COC(=O)C2(Cc2ccc(C(=O)NCc3cccc(O)c3)cc2)C1. The van der Waals surface area contributed by atoms with Gasteiger partial charge in [-0.05, 0) is 54.7 Å². The van der Waals surface area contributed by atoms with E-state index in [4.69, 9.17) is 4.74 Å². The topological polar surface area (TPSA) is 75.6 Å². The highest BCUT2D eigenvalue weighted by atomic mass is 16.5. The van der Waals surface area contributed by atoms with E-state index in [2.05, 4.69) is 11.9 Å². The number of allylic oxidation sites excluding steroid dienone is 1. The number of aromatic hydroxyl groups is 1. The fraction of sp³-hybridized carbons (Fsp3) is 0.304. The number of carbonyl (C=O) groups is 2. The smallest absolute Gasteiger partial charge is 0.313 e. The molecule has 2 fully saturated rings. The largest absolute Gasteiger partial charge is 0.508 e. The first-order valence-electron chi connectivity index (χ1n) is 9.45. The average molecular weight is 377 g/mol. The van der Waals surface area contributed by atoms with Gasteiger partial charge in [0.1, 0.15) is 5.75 Å². The molecular formula is C23H23NO4. The first-order chi connectivity index (χ1) is 13.5. The number of hydrogen-bond acceptors (Lipinski definition) is 4. The first-order valence-corrected chi connectivity index (χ1v) is 9.45. The molecule has 1 heterocycles. The van der Waals surface area contributed by atoms with E-state index in [1.165, 1.54) is 0 Å². The molecule has 0 spiro atoms. The van der Waals surface area contributed by atoms with Crippen LogP contribution < -0.4 is 5.32 Å². The zero-order chi connectivity index (χ0) is 19.7. The van der Waals surface area contributed by atoms with Gasteiger partial charge in [0.15, 0.2) is 0 Å². The Morgan fingerprint density at radius 1 is 1.21 bits per heavy atom. The Balaban J connectivity index is 1.42. The Kier molecular flexibility index (Phi) is 4.67. The fourth-order valence-corrected chi connectivity index (χ4v) is 4.35. The van der Waals surface area contributed by atoms with E-state index in [-0.39, 0.29) is 23.5 Å². The fourth-order valence-electron chi connectivity index (χ4n) is 4.35. The summed E-state index contributed by atoms with van der Waals surface area (Å²) in [7, 11) is 0. The molecule has 4 rings (SSSR count). The van der Waals surface area contributed by atoms with Gasteiger partial charge >= 0.3 is 5.97 Å². The summed E-state index contributed by atoms with van der Waals surface area (Å²) in [4.78, 5) is 24.8. The van der Waals surface area contributed by atoms with Gasteiger partial charge in [-0.15, -0.1) is 0 Å². The summed E-state index contributed by atoms with van der Waals surface area (Å²) in [6, 6.07) is 14.2. The Morgan fingerprint density at radius 3 is 2.75 bits per heavy atom. The maximum atomic E-state index is 12.4. The highest BCUT2D eigenvalue weighted by Crippen LogP contribution is 2.52. The quantitative estimate of drug-likeness (QED) is 0.619. The second-order valence-electron chi connectivity index (χ2n) is 7.81. The zero-order valence-electron chi connectivity index (χ0n) is 15.6. The zero-order valence-corrected chi connectivity index (χ0v) is 15.6. The van der Waals surface area contributed by atoms with Crippen LogP contribution in [0.5, 0.6) is 5.75 Å². The lowest BCUT2D eigenvalue weighted by molar-refractivity contribution is -0.146. The summed E-state index contributed by atoms with van der Waals surface area (Å²) in [5.41, 5.74) is 3.03. The number of phenols is 1. The van der Waals surface area contributed by atoms with Gasteiger partial charge in [-0.25, -0.2) is 0 Å². The monoisotopic (exact) mass is 377 g/mol. The molecule has 1 saturated heterocycles. The molecule has 28 heavy (non-hydrogen) atoms. The molecule has 2 aromatic rings. The predicted octanol–water partition coefficient (Wildman–Crippen LogP) is 3.37. The molecule has 2 aliphatic rings. The van der Waals surface area contributed by atoms with Crippen molar-refractivity contribution in [1.82, 2.24) is 5.32 Å². The third-order valence-corrected chi connectivity index (χ3v) is 5.80. The summed E-state index contributed by atoms with van der Waals surface area (Å²) in [6.45, 7) is 4.89. The lowest BCUT2D eigenvalue weighted by atomic mass is 9.75. The maximum absolute atomic E-state index is 12.4. The van der Waals surface area contributed by atoms with E-state index < -0.39 is 5.41 Å². The molecular weight excluding hydrogens is 354 g/mol. The van der Waals surface area contributed by atoms with Crippen molar-refractivity contribution < 1.29 is 19.4 Å². The van der Waals surface area contributed by atoms with E-state index in [0.717, 1.165) is 23.1 Å². The van der Waals surface area contributed by atoms with Gasteiger partial charge in [-0.2, -0.15) is 0 Å². The van der Waals surface area contributed by atoms with Crippen LogP contribution in [0.2, 0.25) is 0 Å². The molecule has 1 saturated carbocycles. The van der Waals surface area contributed by atoms with Crippen LogP contribution in [-0.4, -0.2) is 23.6 Å². The van der Waals surface area contributed by atoms with Crippen molar-refractivity contribution in [3.05, 3.63) is 77.4 Å². The van der Waals surface area contributed by atoms with E-state index in [1.54, 1.807) is 30.3 Å². The standard InChI is InChI=1S/C23H23NO4/c1-15-9-19-14-28-22(27)23(19,11-15)12-16-5-7-18(8-6-16)21(26)24-13-17-3-2-4-20(25)10-17/h2-8,10,19,25H,1,9,11-14H2,(H,24,26). The molecule has 1 aliphatic carbocycles. The molecule has 0 aromatic heterocycles. The second-order valence-corrected chi connectivity index (χ2v) is 7.81. The molecule has 0 bridgehead atoms. The number of phenolic OH excluding ortho intramolecular Hbond substituents is 1. The molecule has 2 aromatic carbocycles. The number of esters is 1. The third-order valence-electron chi connectivity index (χ3n) is 5.80. The van der Waals surface area contributed by atoms with Crippen LogP contribution in [0.3, 0.4) is 0 Å². The second kappa shape index (κ2) is 7.15. The van der Waals surface area contributed by atoms with Crippen LogP contribution in [0.1, 0.15) is 34.3 Å². The van der Waals surface area contributed by atoms with Crippen LogP contribution in [0.25, 0.3) is 0 Å². The lowest BCUT2D eigenvalue weighted by Crippen LogP contribution is -2.31. The summed E-state index contributed by atoms with van der Waals surface area (Å²) in [5, 5.41) is 12.3. The highest BCUT2D eigenvalue weighted by Gasteiger charge is 2.55. The number of fused-ring (bicyclic) bond motifs is 1. The number of hydrogen-bond donors (Lipinski definition) is 2.